The number of carbonyl (C=O) groups is 2. The van der Waals surface area contributed by atoms with Crippen molar-refractivity contribution in [1.82, 2.24) is 0 Å². The molecule has 0 aromatic carbocycles. The zero-order valence-electron chi connectivity index (χ0n) is 10.1. The van der Waals surface area contributed by atoms with Crippen molar-refractivity contribution < 1.29 is 29.3 Å². The maximum Gasteiger partial charge on any atom is 0.329 e. The van der Waals surface area contributed by atoms with Crippen molar-refractivity contribution >= 4 is 11.9 Å². The molecule has 2 fully saturated rings. The third kappa shape index (κ3) is 3.20. The maximum absolute atomic E-state index is 10.6. The average molecular weight is 258 g/mol. The molecular formula is C12H18O6. The number of fused-ring (bicyclic) bond motifs is 2. The van der Waals surface area contributed by atoms with Crippen molar-refractivity contribution in [2.45, 2.75) is 43.8 Å². The van der Waals surface area contributed by atoms with E-state index in [2.05, 4.69) is 0 Å². The van der Waals surface area contributed by atoms with E-state index in [0.717, 1.165) is 25.7 Å². The molecular weight excluding hydrogens is 240 g/mol. The molecule has 3 atom stereocenters. The second-order valence-corrected chi connectivity index (χ2v) is 5.24. The Morgan fingerprint density at radius 2 is 1.89 bits per heavy atom. The monoisotopic (exact) mass is 258 g/mol. The normalized spacial score (nSPS) is 34.4. The molecule has 2 N–H and O–H groups in total. The van der Waals surface area contributed by atoms with Gasteiger partial charge in [-0.25, -0.2) is 9.59 Å². The highest BCUT2D eigenvalue weighted by atomic mass is 16.5. The average Bonchev–Trinajstić information content (AvgIpc) is 2.60. The zero-order valence-corrected chi connectivity index (χ0v) is 10.1. The fourth-order valence-electron chi connectivity index (χ4n) is 3.17. The first kappa shape index (κ1) is 13.3. The van der Waals surface area contributed by atoms with Gasteiger partial charge in [-0.3, -0.25) is 0 Å². The summed E-state index contributed by atoms with van der Waals surface area (Å²) in [5.41, 5.74) is -0.412. The Morgan fingerprint density at radius 3 is 2.56 bits per heavy atom. The molecule has 0 heterocycles. The topological polar surface area (TPSA) is 93.1 Å². The predicted molar refractivity (Wildman–Crippen MR) is 60.3 cm³/mol. The molecule has 0 saturated heterocycles. The second kappa shape index (κ2) is 5.24. The summed E-state index contributed by atoms with van der Waals surface area (Å²) in [4.78, 5) is 21.1. The molecule has 6 heteroatoms. The van der Waals surface area contributed by atoms with E-state index in [1.807, 2.05) is 0 Å². The molecule has 0 amide bonds. The van der Waals surface area contributed by atoms with Crippen LogP contribution < -0.4 is 0 Å². The van der Waals surface area contributed by atoms with Crippen molar-refractivity contribution in [2.75, 3.05) is 13.2 Å². The van der Waals surface area contributed by atoms with Gasteiger partial charge in [-0.15, -0.1) is 0 Å². The zero-order chi connectivity index (χ0) is 13.2. The van der Waals surface area contributed by atoms with Crippen molar-refractivity contribution in [1.29, 1.82) is 0 Å². The summed E-state index contributed by atoms with van der Waals surface area (Å²) in [7, 11) is 0. The molecule has 0 aromatic heterocycles. The summed E-state index contributed by atoms with van der Waals surface area (Å²) in [5.74, 6) is -1.49. The van der Waals surface area contributed by atoms with Crippen LogP contribution in [0.1, 0.15) is 32.1 Å². The van der Waals surface area contributed by atoms with E-state index in [9.17, 15) is 9.59 Å². The summed E-state index contributed by atoms with van der Waals surface area (Å²) >= 11 is 0. The molecule has 0 aromatic rings. The molecule has 0 spiro atoms. The summed E-state index contributed by atoms with van der Waals surface area (Å²) in [6.07, 6.45) is 4.05. The molecule has 18 heavy (non-hydrogen) atoms. The fraction of sp³-hybridized carbons (Fsp3) is 0.833. The smallest absolute Gasteiger partial charge is 0.329 e. The maximum atomic E-state index is 10.6. The second-order valence-electron chi connectivity index (χ2n) is 5.24. The number of hydrogen-bond acceptors (Lipinski definition) is 4. The van der Waals surface area contributed by atoms with E-state index < -0.39 is 17.5 Å². The summed E-state index contributed by atoms with van der Waals surface area (Å²) in [6.45, 7) is -0.592. The molecule has 6 nitrogen and oxygen atoms in total. The van der Waals surface area contributed by atoms with Crippen LogP contribution in [0.25, 0.3) is 0 Å². The van der Waals surface area contributed by atoms with Crippen LogP contribution in [0.5, 0.6) is 0 Å². The van der Waals surface area contributed by atoms with Crippen molar-refractivity contribution in [3.05, 3.63) is 0 Å². The van der Waals surface area contributed by atoms with Gasteiger partial charge in [-0.2, -0.15) is 0 Å². The molecule has 2 bridgehead atoms. The molecule has 0 radical (unpaired) electrons. The largest absolute Gasteiger partial charge is 0.480 e. The van der Waals surface area contributed by atoms with Gasteiger partial charge in [-0.05, 0) is 31.6 Å². The van der Waals surface area contributed by atoms with Crippen molar-refractivity contribution in [2.24, 2.45) is 5.92 Å². The van der Waals surface area contributed by atoms with Crippen LogP contribution >= 0.6 is 0 Å². The Morgan fingerprint density at radius 1 is 1.17 bits per heavy atom. The quantitative estimate of drug-likeness (QED) is 0.735. The van der Waals surface area contributed by atoms with Crippen LogP contribution in [0, 0.1) is 5.92 Å². The Hall–Kier alpha value is -1.14. The van der Waals surface area contributed by atoms with Crippen LogP contribution in [0.15, 0.2) is 0 Å². The molecule has 2 saturated carbocycles. The fourth-order valence-corrected chi connectivity index (χ4v) is 3.17. The molecule has 102 valence electrons. The summed E-state index contributed by atoms with van der Waals surface area (Å²) in [6, 6.07) is 0. The van der Waals surface area contributed by atoms with Gasteiger partial charge in [-0.1, -0.05) is 0 Å². The van der Waals surface area contributed by atoms with E-state index in [4.69, 9.17) is 19.7 Å². The number of aliphatic carboxylic acids is 2. The highest BCUT2D eigenvalue weighted by Crippen LogP contribution is 2.48. The summed E-state index contributed by atoms with van der Waals surface area (Å²) < 4.78 is 10.9. The molecule has 0 aliphatic heterocycles. The number of ether oxygens (including phenoxy) is 2. The van der Waals surface area contributed by atoms with Crippen LogP contribution in [0.2, 0.25) is 0 Å². The first-order valence-electron chi connectivity index (χ1n) is 6.18. The standard InChI is InChI=1S/C12H18O6/c13-10(14)6-17-9-3-8-1-2-12(4-8,5-9)18-7-11(15)16/h8-9H,1-7H2,(H,13,14)(H,15,16). The lowest BCUT2D eigenvalue weighted by atomic mass is 9.83. The van der Waals surface area contributed by atoms with E-state index in [1.54, 1.807) is 0 Å². The number of carboxylic acids is 2. The van der Waals surface area contributed by atoms with Gasteiger partial charge >= 0.3 is 11.9 Å². The SMILES string of the molecule is O=C(O)COC1CC2CCC(OCC(=O)O)(C2)C1. The van der Waals surface area contributed by atoms with Gasteiger partial charge in [0.05, 0.1) is 11.7 Å². The third-order valence-corrected chi connectivity index (χ3v) is 3.81. The first-order valence-corrected chi connectivity index (χ1v) is 6.18. The van der Waals surface area contributed by atoms with E-state index in [1.165, 1.54) is 0 Å². The summed E-state index contributed by atoms with van der Waals surface area (Å²) in [5, 5.41) is 17.3. The Balaban J connectivity index is 1.91. The lowest BCUT2D eigenvalue weighted by Gasteiger charge is -2.37. The minimum atomic E-state index is -0.978. The molecule has 2 rings (SSSR count). The third-order valence-electron chi connectivity index (χ3n) is 3.81. The van der Waals surface area contributed by atoms with Crippen LogP contribution in [-0.4, -0.2) is 47.1 Å². The van der Waals surface area contributed by atoms with E-state index in [0.29, 0.717) is 12.3 Å². The van der Waals surface area contributed by atoms with Gasteiger partial charge in [0.15, 0.2) is 0 Å². The van der Waals surface area contributed by atoms with Gasteiger partial charge in [0.2, 0.25) is 0 Å². The number of carboxylic acid groups (broad SMARTS) is 2. The Kier molecular flexibility index (Phi) is 3.87. The predicted octanol–water partition coefficient (Wildman–Crippen LogP) is 0.890. The minimum absolute atomic E-state index is 0.129. The minimum Gasteiger partial charge on any atom is -0.480 e. The molecule has 3 unspecified atom stereocenters. The lowest BCUT2D eigenvalue weighted by Crippen LogP contribution is -2.40. The molecule has 2 aliphatic rings. The van der Waals surface area contributed by atoms with Crippen molar-refractivity contribution in [3.63, 3.8) is 0 Å². The van der Waals surface area contributed by atoms with E-state index >= 15 is 0 Å². The Labute approximate surface area is 105 Å². The number of hydrogen-bond donors (Lipinski definition) is 2. The number of rotatable bonds is 6. The Bertz CT molecular complexity index is 341. The van der Waals surface area contributed by atoms with Crippen LogP contribution in [0.3, 0.4) is 0 Å². The van der Waals surface area contributed by atoms with Gasteiger partial charge < -0.3 is 19.7 Å². The van der Waals surface area contributed by atoms with Crippen molar-refractivity contribution in [3.8, 4) is 0 Å². The van der Waals surface area contributed by atoms with Gasteiger partial charge in [0.1, 0.15) is 13.2 Å². The van der Waals surface area contributed by atoms with Crippen LogP contribution in [0.4, 0.5) is 0 Å². The van der Waals surface area contributed by atoms with Crippen LogP contribution in [-0.2, 0) is 19.1 Å². The van der Waals surface area contributed by atoms with Gasteiger partial charge in [0, 0.05) is 6.42 Å². The highest BCUT2D eigenvalue weighted by Gasteiger charge is 2.47. The lowest BCUT2D eigenvalue weighted by molar-refractivity contribution is -0.158. The van der Waals surface area contributed by atoms with Gasteiger partial charge in [0.25, 0.3) is 0 Å². The van der Waals surface area contributed by atoms with E-state index in [-0.39, 0.29) is 19.3 Å². The highest BCUT2D eigenvalue weighted by molar-refractivity contribution is 5.68. The first-order chi connectivity index (χ1) is 8.49. The molecule has 2 aliphatic carbocycles.